The number of nitrogens with one attached hydrogen (secondary N) is 1. The van der Waals surface area contributed by atoms with Gasteiger partial charge in [0.15, 0.2) is 0 Å². The summed E-state index contributed by atoms with van der Waals surface area (Å²) in [6, 6.07) is 7.31. The minimum Gasteiger partial charge on any atom is -0.494 e. The number of anilines is 1. The Morgan fingerprint density at radius 1 is 1.30 bits per heavy atom. The zero-order valence-corrected chi connectivity index (χ0v) is 11.7. The van der Waals surface area contributed by atoms with Crippen LogP contribution in [0.5, 0.6) is 5.75 Å². The molecular weight excluding hydrogens is 256 g/mol. The van der Waals surface area contributed by atoms with E-state index in [1.165, 1.54) is 0 Å². The summed E-state index contributed by atoms with van der Waals surface area (Å²) in [5.41, 5.74) is 8.88. The monoisotopic (exact) mass is 276 g/mol. The largest absolute Gasteiger partial charge is 0.494 e. The topological polar surface area (TPSA) is 87.1 Å². The number of benzene rings is 1. The predicted molar refractivity (Wildman–Crippen MR) is 78.7 cm³/mol. The van der Waals surface area contributed by atoms with Crippen LogP contribution < -0.4 is 10.1 Å². The van der Waals surface area contributed by atoms with E-state index >= 15 is 0 Å². The Morgan fingerprint density at radius 3 is 2.70 bits per heavy atom. The molecule has 0 aliphatic rings. The fourth-order valence-electron chi connectivity index (χ4n) is 1.71. The van der Waals surface area contributed by atoms with Crippen LogP contribution >= 0.6 is 0 Å². The van der Waals surface area contributed by atoms with Crippen LogP contribution in [0, 0.1) is 0 Å². The second kappa shape index (κ2) is 9.69. The van der Waals surface area contributed by atoms with Crippen molar-refractivity contribution in [2.24, 2.45) is 5.11 Å². The van der Waals surface area contributed by atoms with Crippen LogP contribution in [0.1, 0.15) is 32.6 Å². The van der Waals surface area contributed by atoms with E-state index in [-0.39, 0.29) is 5.91 Å². The van der Waals surface area contributed by atoms with Gasteiger partial charge in [0, 0.05) is 23.6 Å². The van der Waals surface area contributed by atoms with E-state index in [1.807, 2.05) is 31.2 Å². The average Bonchev–Trinajstić information content (AvgIpc) is 2.45. The Labute approximate surface area is 118 Å². The maximum Gasteiger partial charge on any atom is 0.224 e. The van der Waals surface area contributed by atoms with E-state index in [0.717, 1.165) is 30.7 Å². The van der Waals surface area contributed by atoms with Crippen molar-refractivity contribution in [3.63, 3.8) is 0 Å². The van der Waals surface area contributed by atoms with Gasteiger partial charge in [-0.25, -0.2) is 0 Å². The van der Waals surface area contributed by atoms with Gasteiger partial charge in [0.25, 0.3) is 0 Å². The quantitative estimate of drug-likeness (QED) is 0.321. The molecule has 1 aromatic carbocycles. The van der Waals surface area contributed by atoms with Gasteiger partial charge in [0.1, 0.15) is 5.75 Å². The molecule has 0 heterocycles. The highest BCUT2D eigenvalue weighted by Gasteiger charge is 2.02. The molecule has 1 aromatic rings. The third-order valence-corrected chi connectivity index (χ3v) is 2.67. The van der Waals surface area contributed by atoms with Crippen molar-refractivity contribution in [1.29, 1.82) is 0 Å². The molecule has 0 bridgehead atoms. The van der Waals surface area contributed by atoms with E-state index in [2.05, 4.69) is 15.3 Å². The molecule has 0 atom stereocenters. The lowest BCUT2D eigenvalue weighted by atomic mass is 10.2. The minimum atomic E-state index is -0.00190. The third-order valence-electron chi connectivity index (χ3n) is 2.67. The molecule has 0 spiro atoms. The molecular formula is C14H20N4O2. The highest BCUT2D eigenvalue weighted by Crippen LogP contribution is 2.16. The van der Waals surface area contributed by atoms with E-state index in [1.54, 1.807) is 0 Å². The maximum absolute atomic E-state index is 11.7. The van der Waals surface area contributed by atoms with Crippen LogP contribution in [-0.4, -0.2) is 19.1 Å². The summed E-state index contributed by atoms with van der Waals surface area (Å²) in [5, 5.41) is 6.28. The number of rotatable bonds is 9. The number of nitrogens with zero attached hydrogens (tertiary/aromatic N) is 3. The highest BCUT2D eigenvalue weighted by atomic mass is 16.5. The van der Waals surface area contributed by atoms with Crippen molar-refractivity contribution in [2.75, 3.05) is 18.5 Å². The number of hydrogen-bond donors (Lipinski definition) is 1. The first-order chi connectivity index (χ1) is 9.76. The Bertz CT molecular complexity index is 453. The van der Waals surface area contributed by atoms with Gasteiger partial charge in [-0.3, -0.25) is 4.79 Å². The number of hydrogen-bond acceptors (Lipinski definition) is 3. The van der Waals surface area contributed by atoms with Crippen LogP contribution in [-0.2, 0) is 4.79 Å². The van der Waals surface area contributed by atoms with Gasteiger partial charge in [-0.2, -0.15) is 0 Å². The van der Waals surface area contributed by atoms with Gasteiger partial charge in [-0.15, -0.1) is 0 Å². The molecule has 0 saturated carbocycles. The van der Waals surface area contributed by atoms with E-state index in [9.17, 15) is 4.79 Å². The molecule has 0 radical (unpaired) electrons. The Balaban J connectivity index is 2.22. The third kappa shape index (κ3) is 6.66. The summed E-state index contributed by atoms with van der Waals surface area (Å²) in [4.78, 5) is 14.4. The van der Waals surface area contributed by atoms with Crippen LogP contribution in [0.15, 0.2) is 29.4 Å². The zero-order chi connectivity index (χ0) is 14.6. The number of ether oxygens (including phenoxy) is 1. The van der Waals surface area contributed by atoms with E-state index in [0.29, 0.717) is 19.6 Å². The van der Waals surface area contributed by atoms with Crippen molar-refractivity contribution in [2.45, 2.75) is 32.6 Å². The number of amides is 1. The molecule has 1 rings (SSSR count). The Morgan fingerprint density at radius 2 is 2.05 bits per heavy atom. The second-order valence-electron chi connectivity index (χ2n) is 4.27. The molecule has 20 heavy (non-hydrogen) atoms. The molecule has 0 saturated heterocycles. The van der Waals surface area contributed by atoms with Gasteiger partial charge in [0.2, 0.25) is 5.91 Å². The van der Waals surface area contributed by atoms with Gasteiger partial charge >= 0.3 is 0 Å². The predicted octanol–water partition coefficient (Wildman–Crippen LogP) is 3.89. The molecule has 0 aromatic heterocycles. The normalized spacial score (nSPS) is 9.65. The molecule has 0 unspecified atom stereocenters. The lowest BCUT2D eigenvalue weighted by Crippen LogP contribution is -2.11. The van der Waals surface area contributed by atoms with Crippen molar-refractivity contribution < 1.29 is 9.53 Å². The average molecular weight is 276 g/mol. The van der Waals surface area contributed by atoms with Crippen LogP contribution in [0.2, 0.25) is 0 Å². The Hall–Kier alpha value is -2.20. The number of carbonyl (C=O) groups excluding carboxylic acids is 1. The van der Waals surface area contributed by atoms with Crippen LogP contribution in [0.3, 0.4) is 0 Å². The van der Waals surface area contributed by atoms with Crippen molar-refractivity contribution in [3.05, 3.63) is 34.7 Å². The molecule has 6 heteroatoms. The van der Waals surface area contributed by atoms with Crippen LogP contribution in [0.25, 0.3) is 10.4 Å². The molecule has 1 amide bonds. The van der Waals surface area contributed by atoms with Crippen LogP contribution in [0.4, 0.5) is 5.69 Å². The van der Waals surface area contributed by atoms with Crippen molar-refractivity contribution >= 4 is 11.6 Å². The highest BCUT2D eigenvalue weighted by molar-refractivity contribution is 5.90. The molecule has 6 nitrogen and oxygen atoms in total. The first kappa shape index (κ1) is 15.9. The first-order valence-electron chi connectivity index (χ1n) is 6.80. The minimum absolute atomic E-state index is 0.00190. The summed E-state index contributed by atoms with van der Waals surface area (Å²) >= 11 is 0. The zero-order valence-electron chi connectivity index (χ0n) is 11.7. The fourth-order valence-corrected chi connectivity index (χ4v) is 1.71. The number of unbranched alkanes of at least 4 members (excludes halogenated alkanes) is 2. The summed E-state index contributed by atoms with van der Waals surface area (Å²) in [5.74, 6) is 0.793. The van der Waals surface area contributed by atoms with Crippen molar-refractivity contribution in [1.82, 2.24) is 0 Å². The SMILES string of the molecule is CCOc1ccc(NC(=O)CCCCCN=[N+]=[N-])cc1. The van der Waals surface area contributed by atoms with Gasteiger partial charge in [-0.05, 0) is 49.6 Å². The molecule has 1 N–H and O–H groups in total. The lowest BCUT2D eigenvalue weighted by molar-refractivity contribution is -0.116. The summed E-state index contributed by atoms with van der Waals surface area (Å²) in [6.45, 7) is 3.05. The van der Waals surface area contributed by atoms with Gasteiger partial charge in [0.05, 0.1) is 6.61 Å². The number of carbonyl (C=O) groups is 1. The first-order valence-corrected chi connectivity index (χ1v) is 6.80. The smallest absolute Gasteiger partial charge is 0.224 e. The van der Waals surface area contributed by atoms with E-state index < -0.39 is 0 Å². The van der Waals surface area contributed by atoms with E-state index in [4.69, 9.17) is 10.3 Å². The maximum atomic E-state index is 11.7. The standard InChI is InChI=1S/C14H20N4O2/c1-2-20-13-9-7-12(8-10-13)17-14(19)6-4-3-5-11-16-18-15/h7-10H,2-6,11H2,1H3,(H,17,19). The Kier molecular flexibility index (Phi) is 7.69. The summed E-state index contributed by atoms with van der Waals surface area (Å²) in [6.07, 6.45) is 2.98. The fraction of sp³-hybridized carbons (Fsp3) is 0.500. The molecule has 108 valence electrons. The van der Waals surface area contributed by atoms with Gasteiger partial charge in [-0.1, -0.05) is 11.5 Å². The summed E-state index contributed by atoms with van der Waals surface area (Å²) in [7, 11) is 0. The molecule has 0 fully saturated rings. The molecule has 0 aliphatic carbocycles. The lowest BCUT2D eigenvalue weighted by Gasteiger charge is -2.07. The van der Waals surface area contributed by atoms with Gasteiger partial charge < -0.3 is 10.1 Å². The van der Waals surface area contributed by atoms with Crippen molar-refractivity contribution in [3.8, 4) is 5.75 Å². The second-order valence-corrected chi connectivity index (χ2v) is 4.27. The number of azide groups is 1. The summed E-state index contributed by atoms with van der Waals surface area (Å²) < 4.78 is 5.33. The molecule has 0 aliphatic heterocycles.